The highest BCUT2D eigenvalue weighted by Gasteiger charge is 2.35. The molecule has 1 aromatic rings. The van der Waals surface area contributed by atoms with Crippen molar-refractivity contribution in [1.82, 2.24) is 4.98 Å². The number of halogens is 1. The van der Waals surface area contributed by atoms with Gasteiger partial charge < -0.3 is 5.11 Å². The lowest BCUT2D eigenvalue weighted by Gasteiger charge is -2.33. The molecule has 0 radical (unpaired) electrons. The Morgan fingerprint density at radius 2 is 2.37 bits per heavy atom. The van der Waals surface area contributed by atoms with Crippen LogP contribution in [0.1, 0.15) is 32.6 Å². The van der Waals surface area contributed by atoms with Crippen molar-refractivity contribution < 1.29 is 9.90 Å². The van der Waals surface area contributed by atoms with Gasteiger partial charge in [-0.15, -0.1) is 11.8 Å². The topological polar surface area (TPSA) is 50.2 Å². The van der Waals surface area contributed by atoms with Gasteiger partial charge in [-0.3, -0.25) is 4.79 Å². The van der Waals surface area contributed by atoms with Gasteiger partial charge >= 0.3 is 5.97 Å². The molecule has 2 rings (SSSR count). The number of hydrogen-bond donors (Lipinski definition) is 1. The normalized spacial score (nSPS) is 27.2. The molecule has 3 unspecified atom stereocenters. The van der Waals surface area contributed by atoms with Crippen molar-refractivity contribution in [3.63, 3.8) is 0 Å². The predicted molar refractivity (Wildman–Crippen MR) is 77.6 cm³/mol. The summed E-state index contributed by atoms with van der Waals surface area (Å²) in [6.07, 6.45) is 5.52. The summed E-state index contributed by atoms with van der Waals surface area (Å²) in [6.45, 7) is 2.17. The number of carboxylic acids is 1. The molecule has 0 spiro atoms. The first kappa shape index (κ1) is 14.7. The van der Waals surface area contributed by atoms with Crippen molar-refractivity contribution in [2.24, 2.45) is 11.8 Å². The van der Waals surface area contributed by atoms with Crippen molar-refractivity contribution in [3.05, 3.63) is 23.4 Å². The van der Waals surface area contributed by atoms with Crippen LogP contribution in [0.15, 0.2) is 23.4 Å². The first-order chi connectivity index (χ1) is 9.11. The summed E-state index contributed by atoms with van der Waals surface area (Å²) < 4.78 is 0. The van der Waals surface area contributed by atoms with Crippen molar-refractivity contribution in [2.45, 2.75) is 42.9 Å². The summed E-state index contributed by atoms with van der Waals surface area (Å²) in [7, 11) is 0. The Balaban J connectivity index is 2.13. The number of nitrogens with zero attached hydrogens (tertiary/aromatic N) is 1. The zero-order valence-electron chi connectivity index (χ0n) is 10.9. The number of aliphatic carboxylic acids is 1. The van der Waals surface area contributed by atoms with E-state index in [0.717, 1.165) is 30.7 Å². The lowest BCUT2D eigenvalue weighted by Crippen LogP contribution is -2.32. The van der Waals surface area contributed by atoms with Crippen molar-refractivity contribution in [1.29, 1.82) is 0 Å². The monoisotopic (exact) mass is 299 g/mol. The molecule has 104 valence electrons. The summed E-state index contributed by atoms with van der Waals surface area (Å²) in [6, 6.07) is 3.59. The molecule has 0 saturated heterocycles. The number of thioether (sulfide) groups is 1. The second kappa shape index (κ2) is 6.62. The van der Waals surface area contributed by atoms with E-state index in [4.69, 9.17) is 11.6 Å². The van der Waals surface area contributed by atoms with Gasteiger partial charge in [-0.25, -0.2) is 4.98 Å². The number of aromatic nitrogens is 1. The first-order valence-corrected chi connectivity index (χ1v) is 7.87. The maximum absolute atomic E-state index is 11.4. The lowest BCUT2D eigenvalue weighted by atomic mass is 9.80. The molecule has 1 aliphatic rings. The molecule has 5 heteroatoms. The Hall–Kier alpha value is -0.740. The third-order valence-corrected chi connectivity index (χ3v) is 5.57. The summed E-state index contributed by atoms with van der Waals surface area (Å²) in [4.78, 5) is 15.6. The number of pyridine rings is 1. The van der Waals surface area contributed by atoms with Crippen LogP contribution < -0.4 is 0 Å². The third kappa shape index (κ3) is 3.63. The summed E-state index contributed by atoms with van der Waals surface area (Å²) in [5.41, 5.74) is 0. The van der Waals surface area contributed by atoms with E-state index in [0.29, 0.717) is 10.9 Å². The maximum atomic E-state index is 11.4. The van der Waals surface area contributed by atoms with Gasteiger partial charge in [-0.05, 0) is 37.3 Å². The van der Waals surface area contributed by atoms with E-state index >= 15 is 0 Å². The van der Waals surface area contributed by atoms with Crippen LogP contribution in [-0.2, 0) is 4.79 Å². The molecule has 0 bridgehead atoms. The van der Waals surface area contributed by atoms with E-state index in [2.05, 4.69) is 11.9 Å². The molecule has 1 fully saturated rings. The summed E-state index contributed by atoms with van der Waals surface area (Å²) >= 11 is 7.63. The fourth-order valence-corrected chi connectivity index (χ4v) is 4.23. The van der Waals surface area contributed by atoms with E-state index in [9.17, 15) is 9.90 Å². The van der Waals surface area contributed by atoms with E-state index in [1.807, 2.05) is 0 Å². The van der Waals surface area contributed by atoms with Gasteiger partial charge in [0.25, 0.3) is 0 Å². The molecule has 1 heterocycles. The Morgan fingerprint density at radius 1 is 1.58 bits per heavy atom. The zero-order valence-corrected chi connectivity index (χ0v) is 12.5. The molecule has 3 atom stereocenters. The Labute approximate surface area is 122 Å². The molecule has 19 heavy (non-hydrogen) atoms. The van der Waals surface area contributed by atoms with E-state index in [1.165, 1.54) is 11.8 Å². The van der Waals surface area contributed by atoms with E-state index in [-0.39, 0.29) is 11.2 Å². The van der Waals surface area contributed by atoms with Gasteiger partial charge in [0.2, 0.25) is 0 Å². The molecular weight excluding hydrogens is 282 g/mol. The van der Waals surface area contributed by atoms with Gasteiger partial charge in [0, 0.05) is 11.4 Å². The van der Waals surface area contributed by atoms with Crippen molar-refractivity contribution in [3.8, 4) is 0 Å². The smallest absolute Gasteiger partial charge is 0.307 e. The van der Waals surface area contributed by atoms with Gasteiger partial charge in [0.15, 0.2) is 0 Å². The summed E-state index contributed by atoms with van der Waals surface area (Å²) in [5, 5.41) is 10.8. The Bertz CT molecular complexity index is 455. The minimum Gasteiger partial charge on any atom is -0.481 e. The third-order valence-electron chi connectivity index (χ3n) is 3.78. The van der Waals surface area contributed by atoms with Crippen LogP contribution in [0.2, 0.25) is 5.02 Å². The zero-order chi connectivity index (χ0) is 13.8. The molecule has 0 aliphatic heterocycles. The van der Waals surface area contributed by atoms with Gasteiger partial charge in [-0.1, -0.05) is 24.9 Å². The van der Waals surface area contributed by atoms with Crippen LogP contribution >= 0.6 is 23.4 Å². The molecule has 0 amide bonds. The van der Waals surface area contributed by atoms with Crippen LogP contribution in [0.25, 0.3) is 0 Å². The lowest BCUT2D eigenvalue weighted by molar-refractivity contribution is -0.142. The fraction of sp³-hybridized carbons (Fsp3) is 0.571. The van der Waals surface area contributed by atoms with Crippen LogP contribution in [0.3, 0.4) is 0 Å². The number of carboxylic acid groups (broad SMARTS) is 1. The Morgan fingerprint density at radius 3 is 3.00 bits per heavy atom. The standard InChI is InChI=1S/C14H18ClNO2S/c1-2-9-5-6-10(14(17)18)12(8-9)19-13-11(15)4-3-7-16-13/h3-4,7,9-10,12H,2,5-6,8H2,1H3,(H,17,18). The molecule has 1 N–H and O–H groups in total. The largest absolute Gasteiger partial charge is 0.481 e. The highest BCUT2D eigenvalue weighted by molar-refractivity contribution is 8.00. The average molecular weight is 300 g/mol. The number of rotatable bonds is 4. The van der Waals surface area contributed by atoms with Crippen LogP contribution in [0.4, 0.5) is 0 Å². The van der Waals surface area contributed by atoms with Gasteiger partial charge in [-0.2, -0.15) is 0 Å². The second-order valence-corrected chi connectivity index (χ2v) is 6.61. The summed E-state index contributed by atoms with van der Waals surface area (Å²) in [5.74, 6) is -0.361. The van der Waals surface area contributed by atoms with Crippen molar-refractivity contribution >= 4 is 29.3 Å². The molecule has 1 aromatic heterocycles. The van der Waals surface area contributed by atoms with E-state index in [1.54, 1.807) is 18.3 Å². The minimum atomic E-state index is -0.695. The average Bonchev–Trinajstić information content (AvgIpc) is 2.41. The Kier molecular flexibility index (Phi) is 5.11. The molecule has 3 nitrogen and oxygen atoms in total. The van der Waals surface area contributed by atoms with Crippen LogP contribution in [0.5, 0.6) is 0 Å². The number of carbonyl (C=O) groups is 1. The van der Waals surface area contributed by atoms with Crippen LogP contribution in [0, 0.1) is 11.8 Å². The number of hydrogen-bond acceptors (Lipinski definition) is 3. The molecule has 1 saturated carbocycles. The van der Waals surface area contributed by atoms with Gasteiger partial charge in [0.1, 0.15) is 5.03 Å². The second-order valence-electron chi connectivity index (χ2n) is 4.98. The highest BCUT2D eigenvalue weighted by atomic mass is 35.5. The molecule has 1 aliphatic carbocycles. The molecular formula is C14H18ClNO2S. The maximum Gasteiger partial charge on any atom is 0.307 e. The molecule has 0 aromatic carbocycles. The first-order valence-electron chi connectivity index (χ1n) is 6.61. The SMILES string of the molecule is CCC1CCC(C(=O)O)C(Sc2ncccc2Cl)C1. The van der Waals surface area contributed by atoms with Crippen LogP contribution in [-0.4, -0.2) is 21.3 Å². The van der Waals surface area contributed by atoms with E-state index < -0.39 is 5.97 Å². The minimum absolute atomic E-state index is 0.0728. The quantitative estimate of drug-likeness (QED) is 0.909. The fourth-order valence-electron chi connectivity index (χ4n) is 2.60. The van der Waals surface area contributed by atoms with Gasteiger partial charge in [0.05, 0.1) is 10.9 Å². The predicted octanol–water partition coefficient (Wildman–Crippen LogP) is 4.11. The highest BCUT2D eigenvalue weighted by Crippen LogP contribution is 2.42. The van der Waals surface area contributed by atoms with Crippen molar-refractivity contribution in [2.75, 3.05) is 0 Å².